The Balaban J connectivity index is 1.20. The van der Waals surface area contributed by atoms with Gasteiger partial charge in [-0.1, -0.05) is 147 Å². The van der Waals surface area contributed by atoms with E-state index in [1.807, 2.05) is 36.4 Å². The second kappa shape index (κ2) is 22.5. The number of aromatic nitrogens is 4. The average molecular weight is 1050 g/mol. The van der Waals surface area contributed by atoms with Gasteiger partial charge in [-0.25, -0.2) is 9.97 Å². The van der Waals surface area contributed by atoms with Crippen molar-refractivity contribution in [2.75, 3.05) is 5.75 Å². The molecule has 8 bridgehead atoms. The van der Waals surface area contributed by atoms with Gasteiger partial charge >= 0.3 is 0 Å². The van der Waals surface area contributed by atoms with Gasteiger partial charge in [0.05, 0.1) is 33.8 Å². The van der Waals surface area contributed by atoms with E-state index >= 15 is 0 Å². The number of carbonyl (C=O) groups is 1. The summed E-state index contributed by atoms with van der Waals surface area (Å²) in [7, 11) is 0. The van der Waals surface area contributed by atoms with Crippen LogP contribution in [-0.4, -0.2) is 30.8 Å². The van der Waals surface area contributed by atoms with Gasteiger partial charge in [0.15, 0.2) is 5.12 Å². The number of hydrogen-bond donors (Lipinski definition) is 2. The van der Waals surface area contributed by atoms with Crippen LogP contribution in [0.15, 0.2) is 103 Å². The van der Waals surface area contributed by atoms with E-state index in [1.54, 1.807) is 6.92 Å². The Kier molecular flexibility index (Phi) is 16.0. The predicted octanol–water partition coefficient (Wildman–Crippen LogP) is 18.3. The Labute approximate surface area is 469 Å². The molecule has 0 saturated heterocycles. The molecule has 0 fully saturated rings. The number of rotatable bonds is 9. The minimum Gasteiger partial charge on any atom is -0.354 e. The third kappa shape index (κ3) is 11.3. The molecule has 396 valence electrons. The fourth-order valence-corrected chi connectivity index (χ4v) is 11.9. The fourth-order valence-electron chi connectivity index (χ4n) is 11.2. The van der Waals surface area contributed by atoms with Crippen molar-refractivity contribution in [3.05, 3.63) is 187 Å². The summed E-state index contributed by atoms with van der Waals surface area (Å²) in [4.78, 5) is 30.8. The minimum atomic E-state index is -0.0524. The second-order valence-electron chi connectivity index (χ2n) is 23.1. The summed E-state index contributed by atoms with van der Waals surface area (Å²) in [6.07, 6.45) is 4.30. The second-order valence-corrected chi connectivity index (χ2v) is 24.4. The number of H-pyrrole nitrogens is 2. The van der Waals surface area contributed by atoms with Crippen molar-refractivity contribution >= 4 is 61.2 Å². The van der Waals surface area contributed by atoms with Gasteiger partial charge in [-0.3, -0.25) is 4.79 Å². The number of nitrogens with zero attached hydrogens (tertiary/aromatic N) is 2. The monoisotopic (exact) mass is 1040 g/mol. The zero-order chi connectivity index (χ0) is 55.8. The lowest BCUT2D eigenvalue weighted by Gasteiger charge is -2.26. The van der Waals surface area contributed by atoms with Crippen LogP contribution in [0.25, 0.3) is 66.6 Å². The van der Waals surface area contributed by atoms with Gasteiger partial charge in [0, 0.05) is 57.1 Å². The van der Waals surface area contributed by atoms with E-state index in [9.17, 15) is 4.79 Å². The highest BCUT2D eigenvalue weighted by Crippen LogP contribution is 2.45. The predicted molar refractivity (Wildman–Crippen MR) is 335 cm³/mol. The molecule has 0 radical (unpaired) electrons. The van der Waals surface area contributed by atoms with Gasteiger partial charge in [0.25, 0.3) is 0 Å². The van der Waals surface area contributed by atoms with Crippen LogP contribution < -0.4 is 0 Å². The maximum absolute atomic E-state index is 11.3. The number of fused-ring (bicyclic) bond motifs is 8. The Hall–Kier alpha value is -7.38. The standard InChI is InChI=1S/C72H76N4OS/c1-16-57-43(5)67-65(53-34-32-51(33-35-53)27-26-49-22-20-48(21-23-49)24-25-50-28-30-52(31-29-50)36-37-78-47(9)77)68-44(6)58(17-2)62(74-68)42-64-60(19-4)46(8)70(76-64)66(69-45(7)59(18-3)63(75-69)41-61(57)73-67)54-38-55(71(10,11)12)40-56(39-54)72(13,14)15/h20-23,28-35,38-42,75-76H,16-19,36-37H2,1-15H3. The van der Waals surface area contributed by atoms with Crippen LogP contribution >= 0.6 is 11.8 Å². The van der Waals surface area contributed by atoms with Gasteiger partial charge in [0.2, 0.25) is 0 Å². The first-order valence-electron chi connectivity index (χ1n) is 28.0. The molecular formula is C72H76N4OS. The van der Waals surface area contributed by atoms with Crippen molar-refractivity contribution in [3.8, 4) is 45.9 Å². The maximum Gasteiger partial charge on any atom is 0.185 e. The summed E-state index contributed by atoms with van der Waals surface area (Å²) < 4.78 is 0. The molecule has 3 aromatic heterocycles. The number of carbonyl (C=O) groups excluding carboxylic acids is 1. The number of aromatic amines is 2. The molecule has 4 aromatic carbocycles. The molecule has 2 N–H and O–H groups in total. The van der Waals surface area contributed by atoms with Crippen LogP contribution in [0.2, 0.25) is 0 Å². The lowest BCUT2D eigenvalue weighted by Crippen LogP contribution is -2.16. The van der Waals surface area contributed by atoms with Crippen LogP contribution in [0.5, 0.6) is 0 Å². The molecule has 9 rings (SSSR count). The summed E-state index contributed by atoms with van der Waals surface area (Å²) in [5, 5.41) is 0.154. The molecule has 0 saturated carbocycles. The summed E-state index contributed by atoms with van der Waals surface area (Å²) >= 11 is 1.36. The molecule has 0 aliphatic carbocycles. The zero-order valence-electron chi connectivity index (χ0n) is 48.8. The van der Waals surface area contributed by atoms with Crippen molar-refractivity contribution in [3.63, 3.8) is 0 Å². The van der Waals surface area contributed by atoms with Crippen LogP contribution in [0.1, 0.15) is 187 Å². The normalized spacial score (nSPS) is 12.7. The molecule has 2 aliphatic rings. The third-order valence-electron chi connectivity index (χ3n) is 15.8. The molecule has 78 heavy (non-hydrogen) atoms. The van der Waals surface area contributed by atoms with E-state index < -0.39 is 0 Å². The topological polar surface area (TPSA) is 74.4 Å². The quantitative estimate of drug-likeness (QED) is 0.141. The highest BCUT2D eigenvalue weighted by atomic mass is 32.2. The van der Waals surface area contributed by atoms with Crippen molar-refractivity contribution in [1.29, 1.82) is 0 Å². The molecule has 6 heteroatoms. The summed E-state index contributed by atoms with van der Waals surface area (Å²) in [5.74, 6) is 14.2. The van der Waals surface area contributed by atoms with Crippen molar-refractivity contribution in [2.45, 2.75) is 147 Å². The largest absolute Gasteiger partial charge is 0.354 e. The fraction of sp³-hybridized carbons (Fsp3) is 0.319. The average Bonchev–Trinajstić information content (AvgIpc) is 4.13. The van der Waals surface area contributed by atoms with Gasteiger partial charge in [-0.2, -0.15) is 0 Å². The smallest absolute Gasteiger partial charge is 0.185 e. The SMILES string of the molecule is CCC1=C(C)c2nc1cc1[nH]c(c(C)c1CC)c(-c1cc(C(C)(C)C)cc(C(C)(C)C)c1)c1[nH]c(cc3nc(c2-c2ccc(C#Cc4ccc(C#Cc5ccc(CCSC(C)=O)cc5)cc4)cc2)C(C)=C3CC)c(CC)c1C. The highest BCUT2D eigenvalue weighted by molar-refractivity contribution is 8.13. The first-order chi connectivity index (χ1) is 37.2. The van der Waals surface area contributed by atoms with Crippen molar-refractivity contribution in [2.24, 2.45) is 0 Å². The molecule has 0 amide bonds. The zero-order valence-corrected chi connectivity index (χ0v) is 49.6. The molecule has 7 aromatic rings. The number of hydrogen-bond acceptors (Lipinski definition) is 4. The van der Waals surface area contributed by atoms with E-state index in [4.69, 9.17) is 9.97 Å². The van der Waals surface area contributed by atoms with Crippen molar-refractivity contribution in [1.82, 2.24) is 19.9 Å². The van der Waals surface area contributed by atoms with Crippen LogP contribution in [0.3, 0.4) is 0 Å². The number of benzene rings is 4. The molecular weight excluding hydrogens is 969 g/mol. The Morgan fingerprint density at radius 3 is 1.28 bits per heavy atom. The van der Waals surface area contributed by atoms with E-state index in [0.29, 0.717) is 0 Å². The highest BCUT2D eigenvalue weighted by Gasteiger charge is 2.28. The van der Waals surface area contributed by atoms with E-state index in [1.165, 1.54) is 84.1 Å². The van der Waals surface area contributed by atoms with Gasteiger partial charge in [0.1, 0.15) is 0 Å². The Morgan fingerprint density at radius 1 is 0.513 bits per heavy atom. The molecule has 2 aliphatic heterocycles. The van der Waals surface area contributed by atoms with Gasteiger partial charge in [-0.05, 0) is 204 Å². The first kappa shape index (κ1) is 55.4. The molecule has 0 spiro atoms. The molecule has 5 heterocycles. The minimum absolute atomic E-state index is 0.0524. The molecule has 0 atom stereocenters. The van der Waals surface area contributed by atoms with Crippen molar-refractivity contribution < 1.29 is 4.79 Å². The van der Waals surface area contributed by atoms with Gasteiger partial charge < -0.3 is 9.97 Å². The number of aryl methyl sites for hydroxylation is 5. The molecule has 5 nitrogen and oxygen atoms in total. The summed E-state index contributed by atoms with van der Waals surface area (Å²) in [5.41, 5.74) is 30.4. The number of thioether (sulfide) groups is 1. The Morgan fingerprint density at radius 2 is 0.910 bits per heavy atom. The summed E-state index contributed by atoms with van der Waals surface area (Å²) in [6.45, 7) is 33.7. The van der Waals surface area contributed by atoms with Crippen LogP contribution in [0.4, 0.5) is 0 Å². The summed E-state index contributed by atoms with van der Waals surface area (Å²) in [6, 6.07) is 37.0. The third-order valence-corrected chi connectivity index (χ3v) is 16.7. The lowest BCUT2D eigenvalue weighted by molar-refractivity contribution is -0.109. The lowest BCUT2D eigenvalue weighted by atomic mass is 9.78. The van der Waals surface area contributed by atoms with E-state index in [-0.39, 0.29) is 15.9 Å². The Bertz CT molecular complexity index is 3720. The number of allylic oxidation sites excluding steroid dienone is 4. The number of nitrogens with one attached hydrogen (secondary N) is 2. The van der Waals surface area contributed by atoms with Crippen LogP contribution in [0, 0.1) is 37.5 Å². The maximum atomic E-state index is 11.3. The van der Waals surface area contributed by atoms with Crippen LogP contribution in [-0.2, 0) is 34.9 Å². The molecule has 0 unspecified atom stereocenters. The first-order valence-corrected chi connectivity index (χ1v) is 29.0. The van der Waals surface area contributed by atoms with E-state index in [0.717, 1.165) is 116 Å². The van der Waals surface area contributed by atoms with E-state index in [2.05, 4.69) is 197 Å². The van der Waals surface area contributed by atoms with Gasteiger partial charge in [-0.15, -0.1) is 0 Å².